The Morgan fingerprint density at radius 1 is 1.58 bits per heavy atom. The van der Waals surface area contributed by atoms with Crippen molar-refractivity contribution >= 4 is 17.3 Å². The van der Waals surface area contributed by atoms with Crippen LogP contribution in [0.4, 0.5) is 11.4 Å². The van der Waals surface area contributed by atoms with Gasteiger partial charge in [-0.05, 0) is 30.9 Å². The second kappa shape index (κ2) is 4.94. The zero-order valence-corrected chi connectivity index (χ0v) is 9.87. The van der Waals surface area contributed by atoms with Crippen molar-refractivity contribution < 1.29 is 14.8 Å². The highest BCUT2D eigenvalue weighted by Gasteiger charge is 2.37. The number of nitrogens with one attached hydrogen (secondary N) is 1. The molecule has 1 unspecified atom stereocenters. The third kappa shape index (κ3) is 2.80. The fourth-order valence-corrected chi connectivity index (χ4v) is 1.86. The van der Waals surface area contributed by atoms with Crippen LogP contribution in [0.25, 0.3) is 0 Å². The van der Waals surface area contributed by atoms with E-state index >= 15 is 0 Å². The van der Waals surface area contributed by atoms with E-state index in [0.29, 0.717) is 0 Å². The molecule has 1 saturated carbocycles. The van der Waals surface area contributed by atoms with Gasteiger partial charge in [-0.2, -0.15) is 5.26 Å². The van der Waals surface area contributed by atoms with Crippen molar-refractivity contribution in [1.29, 1.82) is 5.26 Å². The predicted molar refractivity (Wildman–Crippen MR) is 65.6 cm³/mol. The van der Waals surface area contributed by atoms with Gasteiger partial charge in [0, 0.05) is 6.07 Å². The van der Waals surface area contributed by atoms with E-state index in [-0.39, 0.29) is 22.9 Å². The molecule has 1 aromatic rings. The number of nitro benzene ring substituents is 1. The Bertz CT molecular complexity index is 575. The van der Waals surface area contributed by atoms with E-state index in [1.54, 1.807) is 0 Å². The molecule has 1 aliphatic rings. The fraction of sp³-hybridized carbons (Fsp3) is 0.333. The van der Waals surface area contributed by atoms with Crippen molar-refractivity contribution in [3.05, 3.63) is 33.9 Å². The minimum Gasteiger partial charge on any atom is -0.480 e. The molecule has 0 aromatic heterocycles. The lowest BCUT2D eigenvalue weighted by Gasteiger charge is -2.15. The third-order valence-electron chi connectivity index (χ3n) is 2.99. The van der Waals surface area contributed by atoms with E-state index in [0.717, 1.165) is 12.8 Å². The highest BCUT2D eigenvalue weighted by atomic mass is 16.6. The number of aliphatic carboxylic acids is 1. The van der Waals surface area contributed by atoms with Gasteiger partial charge in [0.05, 0.1) is 16.6 Å². The molecule has 0 bridgehead atoms. The zero-order chi connectivity index (χ0) is 14.0. The molecule has 2 N–H and O–H groups in total. The number of nitro groups is 1. The first-order valence-electron chi connectivity index (χ1n) is 5.71. The van der Waals surface area contributed by atoms with E-state index in [9.17, 15) is 14.9 Å². The van der Waals surface area contributed by atoms with Crippen molar-refractivity contribution in [3.8, 4) is 6.07 Å². The van der Waals surface area contributed by atoms with Crippen LogP contribution in [-0.4, -0.2) is 22.0 Å². The Balaban J connectivity index is 2.33. The zero-order valence-electron chi connectivity index (χ0n) is 9.87. The number of nitrogens with zero attached hydrogens (tertiary/aromatic N) is 2. The topological polar surface area (TPSA) is 116 Å². The van der Waals surface area contributed by atoms with Crippen LogP contribution in [0.3, 0.4) is 0 Å². The number of anilines is 1. The molecule has 0 radical (unpaired) electrons. The number of carbonyl (C=O) groups is 1. The van der Waals surface area contributed by atoms with Crippen molar-refractivity contribution in [3.63, 3.8) is 0 Å². The van der Waals surface area contributed by atoms with Crippen molar-refractivity contribution in [2.24, 2.45) is 5.92 Å². The highest BCUT2D eigenvalue weighted by molar-refractivity contribution is 5.80. The SMILES string of the molecule is N#Cc1ccc([N+](=O)[O-])c(NC(C(=O)O)C2CC2)c1. The maximum Gasteiger partial charge on any atom is 0.326 e. The highest BCUT2D eigenvalue weighted by Crippen LogP contribution is 2.36. The standard InChI is InChI=1S/C12H11N3O4/c13-6-7-1-4-10(15(18)19)9(5-7)14-11(12(16)17)8-2-3-8/h1,4-5,8,11,14H,2-3H2,(H,16,17). The summed E-state index contributed by atoms with van der Waals surface area (Å²) in [5.74, 6) is -1.05. The van der Waals surface area contributed by atoms with E-state index < -0.39 is 16.9 Å². The normalized spacial score (nSPS) is 15.3. The summed E-state index contributed by atoms with van der Waals surface area (Å²) in [5, 5.41) is 31.5. The lowest BCUT2D eigenvalue weighted by Crippen LogP contribution is -2.31. The van der Waals surface area contributed by atoms with Gasteiger partial charge in [-0.1, -0.05) is 0 Å². The van der Waals surface area contributed by atoms with Crippen molar-refractivity contribution in [1.82, 2.24) is 0 Å². The molecule has 0 spiro atoms. The Morgan fingerprint density at radius 3 is 2.74 bits per heavy atom. The summed E-state index contributed by atoms with van der Waals surface area (Å²) >= 11 is 0. The van der Waals surface area contributed by atoms with Gasteiger partial charge in [-0.3, -0.25) is 10.1 Å². The number of rotatable bonds is 5. The Morgan fingerprint density at radius 2 is 2.26 bits per heavy atom. The molecule has 0 heterocycles. The second-order valence-corrected chi connectivity index (χ2v) is 4.40. The molecule has 1 aliphatic carbocycles. The van der Waals surface area contributed by atoms with Crippen LogP contribution in [0.1, 0.15) is 18.4 Å². The van der Waals surface area contributed by atoms with Gasteiger partial charge >= 0.3 is 5.97 Å². The molecule has 1 atom stereocenters. The van der Waals surface area contributed by atoms with Gasteiger partial charge in [0.25, 0.3) is 5.69 Å². The Labute approximate surface area is 108 Å². The Hall–Kier alpha value is -2.62. The maximum absolute atomic E-state index is 11.1. The van der Waals surface area contributed by atoms with Crippen molar-refractivity contribution in [2.75, 3.05) is 5.32 Å². The maximum atomic E-state index is 11.1. The third-order valence-corrected chi connectivity index (χ3v) is 2.99. The summed E-state index contributed by atoms with van der Waals surface area (Å²) in [6.45, 7) is 0. The van der Waals surface area contributed by atoms with Crippen LogP contribution in [0.15, 0.2) is 18.2 Å². The largest absolute Gasteiger partial charge is 0.480 e. The number of carboxylic acids is 1. The lowest BCUT2D eigenvalue weighted by atomic mass is 10.1. The van der Waals surface area contributed by atoms with Crippen LogP contribution in [0.5, 0.6) is 0 Å². The minimum atomic E-state index is -1.04. The molecule has 0 saturated heterocycles. The number of hydrogen-bond acceptors (Lipinski definition) is 5. The molecule has 19 heavy (non-hydrogen) atoms. The second-order valence-electron chi connectivity index (χ2n) is 4.40. The summed E-state index contributed by atoms with van der Waals surface area (Å²) in [6, 6.07) is 4.85. The smallest absolute Gasteiger partial charge is 0.326 e. The summed E-state index contributed by atoms with van der Waals surface area (Å²) in [5.41, 5.74) is 0.0854. The van der Waals surface area contributed by atoms with E-state index in [1.165, 1.54) is 18.2 Å². The van der Waals surface area contributed by atoms with E-state index in [1.807, 2.05) is 6.07 Å². The first kappa shape index (κ1) is 12.8. The first-order chi connectivity index (χ1) is 9.02. The van der Waals surface area contributed by atoms with Crippen LogP contribution < -0.4 is 5.32 Å². The molecule has 0 amide bonds. The monoisotopic (exact) mass is 261 g/mol. The fourth-order valence-electron chi connectivity index (χ4n) is 1.86. The van der Waals surface area contributed by atoms with Crippen molar-refractivity contribution in [2.45, 2.75) is 18.9 Å². The lowest BCUT2D eigenvalue weighted by molar-refractivity contribution is -0.384. The number of benzene rings is 1. The van der Waals surface area contributed by atoms with Crippen LogP contribution in [-0.2, 0) is 4.79 Å². The average Bonchev–Trinajstić information content (AvgIpc) is 3.19. The average molecular weight is 261 g/mol. The summed E-state index contributed by atoms with van der Waals surface area (Å²) < 4.78 is 0. The molecule has 7 nitrogen and oxygen atoms in total. The Kier molecular flexibility index (Phi) is 3.33. The minimum absolute atomic E-state index is 0.0113. The number of nitriles is 1. The van der Waals surface area contributed by atoms with Gasteiger partial charge in [0.15, 0.2) is 0 Å². The predicted octanol–water partition coefficient (Wildman–Crippen LogP) is 1.74. The summed E-state index contributed by atoms with van der Waals surface area (Å²) in [7, 11) is 0. The summed E-state index contributed by atoms with van der Waals surface area (Å²) in [6.07, 6.45) is 1.57. The van der Waals surface area contributed by atoms with Gasteiger partial charge in [0.1, 0.15) is 11.7 Å². The molecule has 2 rings (SSSR count). The molecule has 1 fully saturated rings. The molecular weight excluding hydrogens is 250 g/mol. The van der Waals surface area contributed by atoms with Crippen LogP contribution in [0, 0.1) is 27.4 Å². The quantitative estimate of drug-likeness (QED) is 0.616. The molecular formula is C12H11N3O4. The summed E-state index contributed by atoms with van der Waals surface area (Å²) in [4.78, 5) is 21.4. The molecule has 0 aliphatic heterocycles. The first-order valence-corrected chi connectivity index (χ1v) is 5.71. The molecule has 98 valence electrons. The molecule has 1 aromatic carbocycles. The van der Waals surface area contributed by atoms with Gasteiger partial charge in [-0.15, -0.1) is 0 Å². The van der Waals surface area contributed by atoms with Crippen LogP contribution >= 0.6 is 0 Å². The number of carboxylic acid groups (broad SMARTS) is 1. The van der Waals surface area contributed by atoms with E-state index in [2.05, 4.69) is 5.32 Å². The molecule has 7 heteroatoms. The van der Waals surface area contributed by atoms with Gasteiger partial charge in [0.2, 0.25) is 0 Å². The number of hydrogen-bond donors (Lipinski definition) is 2. The van der Waals surface area contributed by atoms with E-state index in [4.69, 9.17) is 10.4 Å². The van der Waals surface area contributed by atoms with Gasteiger partial charge < -0.3 is 10.4 Å². The van der Waals surface area contributed by atoms with Gasteiger partial charge in [-0.25, -0.2) is 4.79 Å². The van der Waals surface area contributed by atoms with Crippen LogP contribution in [0.2, 0.25) is 0 Å².